The molecule has 1 saturated heterocycles. The number of methoxy groups -OCH3 is 1. The summed E-state index contributed by atoms with van der Waals surface area (Å²) in [6.07, 6.45) is -2.57. The first-order valence-corrected chi connectivity index (χ1v) is 7.35. The normalized spacial score (nSPS) is 26.4. The molecule has 132 valence electrons. The van der Waals surface area contributed by atoms with Crippen LogP contribution in [-0.2, 0) is 9.47 Å². The van der Waals surface area contributed by atoms with Gasteiger partial charge in [0.1, 0.15) is 23.9 Å². The van der Waals surface area contributed by atoms with Gasteiger partial charge in [0.2, 0.25) is 0 Å². The van der Waals surface area contributed by atoms with Crippen molar-refractivity contribution in [1.82, 2.24) is 14.5 Å². The predicted octanol–water partition coefficient (Wildman–Crippen LogP) is -2.28. The quantitative estimate of drug-likeness (QED) is 0.529. The lowest BCUT2D eigenvalue weighted by molar-refractivity contribution is -0.0625. The first kappa shape index (κ1) is 18.4. The summed E-state index contributed by atoms with van der Waals surface area (Å²) in [5, 5.41) is 19.3. The van der Waals surface area contributed by atoms with Crippen LogP contribution in [0.25, 0.3) is 0 Å². The van der Waals surface area contributed by atoms with E-state index < -0.39 is 42.4 Å². The maximum Gasteiger partial charge on any atom is 0.330 e. The number of hydrogen-bond acceptors (Lipinski definition) is 7. The molecule has 4 atom stereocenters. The summed E-state index contributed by atoms with van der Waals surface area (Å²) in [5.41, 5.74) is -1.22. The third-order valence-electron chi connectivity index (χ3n) is 3.63. The summed E-state index contributed by atoms with van der Waals surface area (Å²) >= 11 is 0. The fourth-order valence-electron chi connectivity index (χ4n) is 2.40. The van der Waals surface area contributed by atoms with Crippen molar-refractivity contribution in [3.63, 3.8) is 0 Å². The molecular weight excluding hydrogens is 318 g/mol. The highest BCUT2D eigenvalue weighted by molar-refractivity contribution is 5.30. The van der Waals surface area contributed by atoms with Crippen LogP contribution in [0.1, 0.15) is 11.8 Å². The first-order valence-electron chi connectivity index (χ1n) is 7.35. The van der Waals surface area contributed by atoms with Crippen LogP contribution in [-0.4, -0.2) is 77.3 Å². The topological polar surface area (TPSA) is 117 Å². The summed E-state index contributed by atoms with van der Waals surface area (Å²) in [7, 11) is 5.04. The third kappa shape index (κ3) is 3.75. The molecule has 1 aromatic rings. The lowest BCUT2D eigenvalue weighted by atomic mass is 10.1. The monoisotopic (exact) mass is 339 g/mol. The van der Waals surface area contributed by atoms with Crippen LogP contribution in [0, 0.1) is 11.8 Å². The average Bonchev–Trinajstić information content (AvgIpc) is 2.84. The molecule has 0 bridgehead atoms. The van der Waals surface area contributed by atoms with Gasteiger partial charge in [-0.15, -0.1) is 0 Å². The largest absolute Gasteiger partial charge is 0.394 e. The zero-order valence-corrected chi connectivity index (χ0v) is 13.7. The van der Waals surface area contributed by atoms with Crippen LogP contribution in [0.5, 0.6) is 0 Å². The minimum Gasteiger partial charge on any atom is -0.394 e. The second kappa shape index (κ2) is 7.74. The molecular formula is C15H21N3O6. The Morgan fingerprint density at radius 1 is 1.46 bits per heavy atom. The Morgan fingerprint density at radius 3 is 2.75 bits per heavy atom. The Labute approximate surface area is 138 Å². The standard InChI is InChI=1S/C15H21N3O6/c1-17(2)6-4-5-9-7-18(15(22)16-13(9)21)14-12(23-3)11(20)10(8-19)24-14/h7,10-12,14,19-20H,6,8H2,1-3H3,(H,16,21,22)/t10-,11-,12-,14-/m1/s1. The Morgan fingerprint density at radius 2 is 2.17 bits per heavy atom. The highest BCUT2D eigenvalue weighted by atomic mass is 16.6. The Kier molecular flexibility index (Phi) is 5.93. The number of aliphatic hydroxyl groups excluding tert-OH is 2. The summed E-state index contributed by atoms with van der Waals surface area (Å²) in [4.78, 5) is 28.0. The molecule has 2 rings (SSSR count). The molecule has 1 aliphatic heterocycles. The first-order chi connectivity index (χ1) is 11.4. The van der Waals surface area contributed by atoms with Crippen LogP contribution in [0.3, 0.4) is 0 Å². The second-order valence-electron chi connectivity index (χ2n) is 5.69. The molecule has 24 heavy (non-hydrogen) atoms. The second-order valence-corrected chi connectivity index (χ2v) is 5.69. The zero-order chi connectivity index (χ0) is 17.9. The number of hydrogen-bond donors (Lipinski definition) is 3. The van der Waals surface area contributed by atoms with Crippen LogP contribution in [0.15, 0.2) is 15.8 Å². The molecule has 0 radical (unpaired) electrons. The molecule has 9 nitrogen and oxygen atoms in total. The van der Waals surface area contributed by atoms with E-state index in [-0.39, 0.29) is 5.56 Å². The Bertz CT molecular complexity index is 744. The average molecular weight is 339 g/mol. The molecule has 9 heteroatoms. The maximum atomic E-state index is 12.1. The van der Waals surface area contributed by atoms with Gasteiger partial charge in [-0.25, -0.2) is 4.79 Å². The zero-order valence-electron chi connectivity index (χ0n) is 13.7. The van der Waals surface area contributed by atoms with Crippen molar-refractivity contribution in [3.05, 3.63) is 32.6 Å². The Hall–Kier alpha value is -1.96. The minimum absolute atomic E-state index is 0.0943. The number of aromatic nitrogens is 2. The van der Waals surface area contributed by atoms with Crippen LogP contribution >= 0.6 is 0 Å². The summed E-state index contributed by atoms with van der Waals surface area (Å²) in [6.45, 7) is 0.0234. The van der Waals surface area contributed by atoms with Gasteiger partial charge in [0.25, 0.3) is 5.56 Å². The lowest BCUT2D eigenvalue weighted by Crippen LogP contribution is -2.39. The van der Waals surface area contributed by atoms with Gasteiger partial charge < -0.3 is 19.7 Å². The van der Waals surface area contributed by atoms with Gasteiger partial charge in [-0.05, 0) is 14.1 Å². The molecule has 0 amide bonds. The van der Waals surface area contributed by atoms with Crippen molar-refractivity contribution in [2.75, 3.05) is 34.4 Å². The molecule has 1 aliphatic rings. The van der Waals surface area contributed by atoms with Crippen molar-refractivity contribution >= 4 is 0 Å². The van der Waals surface area contributed by atoms with Crippen molar-refractivity contribution < 1.29 is 19.7 Å². The fourth-order valence-corrected chi connectivity index (χ4v) is 2.40. The van der Waals surface area contributed by atoms with Crippen molar-refractivity contribution in [2.45, 2.75) is 24.5 Å². The van der Waals surface area contributed by atoms with Crippen molar-refractivity contribution in [1.29, 1.82) is 0 Å². The van der Waals surface area contributed by atoms with E-state index >= 15 is 0 Å². The number of nitrogens with zero attached hydrogens (tertiary/aromatic N) is 2. The van der Waals surface area contributed by atoms with E-state index in [9.17, 15) is 19.8 Å². The fraction of sp³-hybridized carbons (Fsp3) is 0.600. The van der Waals surface area contributed by atoms with Gasteiger partial charge in [-0.3, -0.25) is 19.2 Å². The number of ether oxygens (including phenoxy) is 2. The third-order valence-corrected chi connectivity index (χ3v) is 3.63. The predicted molar refractivity (Wildman–Crippen MR) is 84.6 cm³/mol. The van der Waals surface area contributed by atoms with Gasteiger partial charge in [-0.2, -0.15) is 0 Å². The van der Waals surface area contributed by atoms with E-state index in [1.54, 1.807) is 0 Å². The van der Waals surface area contributed by atoms with Crippen LogP contribution in [0.2, 0.25) is 0 Å². The van der Waals surface area contributed by atoms with Crippen LogP contribution in [0.4, 0.5) is 0 Å². The highest BCUT2D eigenvalue weighted by Crippen LogP contribution is 2.30. The number of aliphatic hydroxyl groups is 2. The van der Waals surface area contributed by atoms with E-state index in [0.29, 0.717) is 6.54 Å². The summed E-state index contributed by atoms with van der Waals surface area (Å²) < 4.78 is 11.8. The van der Waals surface area contributed by atoms with Crippen molar-refractivity contribution in [3.8, 4) is 11.8 Å². The molecule has 0 spiro atoms. The maximum absolute atomic E-state index is 12.1. The van der Waals surface area contributed by atoms with E-state index in [4.69, 9.17) is 9.47 Å². The molecule has 1 aromatic heterocycles. The smallest absolute Gasteiger partial charge is 0.330 e. The van der Waals surface area contributed by atoms with Gasteiger partial charge in [0.15, 0.2) is 6.23 Å². The molecule has 0 aliphatic carbocycles. The number of rotatable bonds is 4. The molecule has 3 N–H and O–H groups in total. The molecule has 2 heterocycles. The summed E-state index contributed by atoms with van der Waals surface area (Å²) in [5.74, 6) is 5.51. The lowest BCUT2D eigenvalue weighted by Gasteiger charge is -2.20. The minimum atomic E-state index is -1.10. The molecule has 1 fully saturated rings. The van der Waals surface area contributed by atoms with Gasteiger partial charge in [0.05, 0.1) is 13.2 Å². The highest BCUT2D eigenvalue weighted by Gasteiger charge is 2.45. The van der Waals surface area contributed by atoms with Gasteiger partial charge in [0, 0.05) is 13.3 Å². The van der Waals surface area contributed by atoms with E-state index in [1.807, 2.05) is 19.0 Å². The van der Waals surface area contributed by atoms with E-state index in [1.165, 1.54) is 13.3 Å². The molecule has 0 aromatic carbocycles. The van der Waals surface area contributed by atoms with Gasteiger partial charge >= 0.3 is 5.69 Å². The SMILES string of the molecule is CO[C@@H]1[C@H](O)[C@@H](CO)O[C@H]1n1cc(C#CCN(C)C)c(=O)[nH]c1=O. The number of nitrogens with one attached hydrogen (secondary N) is 1. The van der Waals surface area contributed by atoms with Gasteiger partial charge in [-0.1, -0.05) is 11.8 Å². The Balaban J connectivity index is 2.41. The van der Waals surface area contributed by atoms with E-state index in [0.717, 1.165) is 4.57 Å². The summed E-state index contributed by atoms with van der Waals surface area (Å²) in [6, 6.07) is 0. The number of H-pyrrole nitrogens is 1. The van der Waals surface area contributed by atoms with Crippen molar-refractivity contribution in [2.24, 2.45) is 0 Å². The number of aromatic amines is 1. The van der Waals surface area contributed by atoms with E-state index in [2.05, 4.69) is 16.8 Å². The van der Waals surface area contributed by atoms with Crippen LogP contribution < -0.4 is 11.2 Å². The molecule has 0 saturated carbocycles. The molecule has 0 unspecified atom stereocenters.